The molecule has 1 aromatic rings. The topological polar surface area (TPSA) is 6.48 Å². The van der Waals surface area contributed by atoms with Gasteiger partial charge in [0.2, 0.25) is 0 Å². The summed E-state index contributed by atoms with van der Waals surface area (Å²) in [5.74, 6) is 1.03. The van der Waals surface area contributed by atoms with Crippen LogP contribution in [0.5, 0.6) is 0 Å². The summed E-state index contributed by atoms with van der Waals surface area (Å²) in [6.07, 6.45) is 2.94. The zero-order valence-corrected chi connectivity index (χ0v) is 12.7. The van der Waals surface area contributed by atoms with Crippen LogP contribution in [0.4, 0.5) is 5.69 Å². The Kier molecular flexibility index (Phi) is 5.26. The monoisotopic (exact) mass is 260 g/mol. The minimum absolute atomic E-state index is 1.03. The van der Waals surface area contributed by atoms with Crippen LogP contribution in [-0.2, 0) is 0 Å². The van der Waals surface area contributed by atoms with Crippen molar-refractivity contribution in [2.24, 2.45) is 5.92 Å². The lowest BCUT2D eigenvalue weighted by Crippen LogP contribution is -2.47. The number of piperazine rings is 1. The van der Waals surface area contributed by atoms with Crippen LogP contribution in [0, 0.1) is 12.8 Å². The first-order valence-corrected chi connectivity index (χ1v) is 7.85. The van der Waals surface area contributed by atoms with Crippen molar-refractivity contribution in [3.8, 4) is 0 Å². The van der Waals surface area contributed by atoms with Gasteiger partial charge in [0.1, 0.15) is 0 Å². The van der Waals surface area contributed by atoms with Gasteiger partial charge in [-0.25, -0.2) is 0 Å². The lowest BCUT2D eigenvalue weighted by Gasteiger charge is -2.36. The van der Waals surface area contributed by atoms with Crippen molar-refractivity contribution < 1.29 is 0 Å². The number of rotatable bonds is 3. The summed E-state index contributed by atoms with van der Waals surface area (Å²) in [5.41, 5.74) is 2.74. The molecule has 2 fully saturated rings. The summed E-state index contributed by atoms with van der Waals surface area (Å²) in [6, 6.07) is 8.94. The molecule has 0 amide bonds. The van der Waals surface area contributed by atoms with Crippen molar-refractivity contribution in [3.05, 3.63) is 29.8 Å². The average molecular weight is 260 g/mol. The highest BCUT2D eigenvalue weighted by Gasteiger charge is 2.26. The molecular formula is C17H28N2. The molecule has 2 nitrogen and oxygen atoms in total. The first kappa shape index (κ1) is 14.4. The molecule has 3 rings (SSSR count). The molecule has 1 aliphatic carbocycles. The van der Waals surface area contributed by atoms with E-state index in [0.717, 1.165) is 5.92 Å². The van der Waals surface area contributed by atoms with Crippen LogP contribution >= 0.6 is 0 Å². The normalized spacial score (nSPS) is 19.8. The molecule has 106 valence electrons. The van der Waals surface area contributed by atoms with Gasteiger partial charge in [-0.2, -0.15) is 0 Å². The summed E-state index contributed by atoms with van der Waals surface area (Å²) in [5, 5.41) is 0. The predicted molar refractivity (Wildman–Crippen MR) is 83.9 cm³/mol. The van der Waals surface area contributed by atoms with Crippen LogP contribution in [0.2, 0.25) is 0 Å². The highest BCUT2D eigenvalue weighted by Crippen LogP contribution is 2.30. The van der Waals surface area contributed by atoms with E-state index in [1.54, 1.807) is 0 Å². The Bertz CT molecular complexity index is 359. The molecule has 0 atom stereocenters. The van der Waals surface area contributed by atoms with Crippen LogP contribution in [0.1, 0.15) is 32.3 Å². The van der Waals surface area contributed by atoms with Gasteiger partial charge in [-0.15, -0.1) is 0 Å². The van der Waals surface area contributed by atoms with E-state index in [1.165, 1.54) is 56.8 Å². The Hall–Kier alpha value is -1.02. The van der Waals surface area contributed by atoms with E-state index in [1.807, 2.05) is 13.8 Å². The number of hydrogen-bond acceptors (Lipinski definition) is 2. The molecule has 1 saturated carbocycles. The lowest BCUT2D eigenvalue weighted by atomic mass is 10.2. The van der Waals surface area contributed by atoms with Crippen molar-refractivity contribution in [1.29, 1.82) is 0 Å². The maximum absolute atomic E-state index is 2.64. The minimum Gasteiger partial charge on any atom is -0.369 e. The Morgan fingerprint density at radius 2 is 1.53 bits per heavy atom. The molecule has 0 aromatic heterocycles. The Labute approximate surface area is 118 Å². The van der Waals surface area contributed by atoms with Gasteiger partial charge in [0.05, 0.1) is 0 Å². The van der Waals surface area contributed by atoms with Crippen molar-refractivity contribution in [2.45, 2.75) is 33.6 Å². The van der Waals surface area contributed by atoms with Crippen molar-refractivity contribution in [2.75, 3.05) is 37.6 Å². The molecule has 1 heterocycles. The fourth-order valence-electron chi connectivity index (χ4n) is 2.61. The maximum atomic E-state index is 2.64. The van der Waals surface area contributed by atoms with Crippen LogP contribution in [0.3, 0.4) is 0 Å². The van der Waals surface area contributed by atoms with Gasteiger partial charge < -0.3 is 4.90 Å². The predicted octanol–water partition coefficient (Wildman–Crippen LogP) is 3.55. The Balaban J connectivity index is 0.000000637. The third-order valence-corrected chi connectivity index (χ3v) is 3.98. The third-order valence-electron chi connectivity index (χ3n) is 3.98. The second-order valence-corrected chi connectivity index (χ2v) is 5.57. The molecule has 19 heavy (non-hydrogen) atoms. The fourth-order valence-corrected chi connectivity index (χ4v) is 2.61. The molecule has 0 bridgehead atoms. The SMILES string of the molecule is CC.Cc1ccc(N2CCN(CC3CC3)CC2)cc1. The van der Waals surface area contributed by atoms with E-state index in [-0.39, 0.29) is 0 Å². The molecule has 0 spiro atoms. The molecular weight excluding hydrogens is 232 g/mol. The zero-order valence-electron chi connectivity index (χ0n) is 12.7. The largest absolute Gasteiger partial charge is 0.369 e. The first-order valence-electron chi connectivity index (χ1n) is 7.85. The standard InChI is InChI=1S/C15H22N2.C2H6/c1-13-2-6-15(7-3-13)17-10-8-16(9-11-17)12-14-4-5-14;1-2/h2-3,6-7,14H,4-5,8-12H2,1H3;1-2H3. The van der Waals surface area contributed by atoms with E-state index < -0.39 is 0 Å². The molecule has 2 heteroatoms. The van der Waals surface area contributed by atoms with Crippen molar-refractivity contribution >= 4 is 5.69 Å². The van der Waals surface area contributed by atoms with E-state index in [0.29, 0.717) is 0 Å². The van der Waals surface area contributed by atoms with Gasteiger partial charge in [-0.05, 0) is 37.8 Å². The van der Waals surface area contributed by atoms with Crippen LogP contribution in [0.25, 0.3) is 0 Å². The molecule has 0 radical (unpaired) electrons. The molecule has 1 saturated heterocycles. The average Bonchev–Trinajstić information content (AvgIpc) is 3.27. The van der Waals surface area contributed by atoms with Gasteiger partial charge in [-0.3, -0.25) is 4.90 Å². The molecule has 1 aliphatic heterocycles. The van der Waals surface area contributed by atoms with Crippen LogP contribution < -0.4 is 4.90 Å². The summed E-state index contributed by atoms with van der Waals surface area (Å²) >= 11 is 0. The second kappa shape index (κ2) is 6.95. The summed E-state index contributed by atoms with van der Waals surface area (Å²) < 4.78 is 0. The van der Waals surface area contributed by atoms with Crippen LogP contribution in [-0.4, -0.2) is 37.6 Å². The number of anilines is 1. The number of aryl methyl sites for hydroxylation is 1. The van der Waals surface area contributed by atoms with Crippen molar-refractivity contribution in [1.82, 2.24) is 4.90 Å². The van der Waals surface area contributed by atoms with Gasteiger partial charge in [0.15, 0.2) is 0 Å². The second-order valence-electron chi connectivity index (χ2n) is 5.57. The minimum atomic E-state index is 1.03. The lowest BCUT2D eigenvalue weighted by molar-refractivity contribution is 0.248. The molecule has 0 N–H and O–H groups in total. The maximum Gasteiger partial charge on any atom is 0.0367 e. The molecule has 1 aromatic carbocycles. The number of benzene rings is 1. The third kappa shape index (κ3) is 4.24. The number of nitrogens with zero attached hydrogens (tertiary/aromatic N) is 2. The van der Waals surface area contributed by atoms with E-state index >= 15 is 0 Å². The van der Waals surface area contributed by atoms with Gasteiger partial charge >= 0.3 is 0 Å². The smallest absolute Gasteiger partial charge is 0.0367 e. The summed E-state index contributed by atoms with van der Waals surface area (Å²) in [4.78, 5) is 5.16. The summed E-state index contributed by atoms with van der Waals surface area (Å²) in [6.45, 7) is 12.4. The fraction of sp³-hybridized carbons (Fsp3) is 0.647. The Morgan fingerprint density at radius 1 is 0.947 bits per heavy atom. The molecule has 0 unspecified atom stereocenters. The molecule has 2 aliphatic rings. The van der Waals surface area contributed by atoms with Gasteiger partial charge in [0.25, 0.3) is 0 Å². The highest BCUT2D eigenvalue weighted by atomic mass is 15.3. The Morgan fingerprint density at radius 3 is 2.05 bits per heavy atom. The summed E-state index contributed by atoms with van der Waals surface area (Å²) in [7, 11) is 0. The van der Waals surface area contributed by atoms with Gasteiger partial charge in [-0.1, -0.05) is 31.5 Å². The van der Waals surface area contributed by atoms with Crippen molar-refractivity contribution in [3.63, 3.8) is 0 Å². The first-order chi connectivity index (χ1) is 9.31. The number of hydrogen-bond donors (Lipinski definition) is 0. The van der Waals surface area contributed by atoms with Gasteiger partial charge in [0, 0.05) is 38.4 Å². The quantitative estimate of drug-likeness (QED) is 0.820. The van der Waals surface area contributed by atoms with E-state index in [2.05, 4.69) is 41.0 Å². The van der Waals surface area contributed by atoms with E-state index in [4.69, 9.17) is 0 Å². The highest BCUT2D eigenvalue weighted by molar-refractivity contribution is 5.47. The van der Waals surface area contributed by atoms with Crippen LogP contribution in [0.15, 0.2) is 24.3 Å². The zero-order chi connectivity index (χ0) is 13.7. The van der Waals surface area contributed by atoms with E-state index in [9.17, 15) is 0 Å².